The average Bonchev–Trinajstić information content (AvgIpc) is 3.17. The summed E-state index contributed by atoms with van der Waals surface area (Å²) in [5, 5.41) is 2.82. The summed E-state index contributed by atoms with van der Waals surface area (Å²) in [6.45, 7) is 5.70. The minimum atomic E-state index is -3.50. The van der Waals surface area contributed by atoms with Crippen molar-refractivity contribution in [3.8, 4) is 5.75 Å². The number of morpholine rings is 1. The highest BCUT2D eigenvalue weighted by Crippen LogP contribution is 2.25. The third kappa shape index (κ3) is 5.11. The second kappa shape index (κ2) is 9.04. The van der Waals surface area contributed by atoms with Crippen molar-refractivity contribution < 1.29 is 22.7 Å². The predicted octanol–water partition coefficient (Wildman–Crippen LogP) is 2.49. The SMILES string of the molecule is CC(C)Oc1ccc(C(=O)NCc2ccc(S(=O)(=O)N3CCOCC3)s2)cc1. The first-order valence-corrected chi connectivity index (χ1v) is 11.3. The van der Waals surface area contributed by atoms with Crippen LogP contribution in [0.3, 0.4) is 0 Å². The molecule has 1 fully saturated rings. The van der Waals surface area contributed by atoms with Crippen molar-refractivity contribution in [1.82, 2.24) is 9.62 Å². The number of sulfonamides is 1. The van der Waals surface area contributed by atoms with Crippen LogP contribution in [0.2, 0.25) is 0 Å². The number of nitrogens with one attached hydrogen (secondary N) is 1. The molecule has 3 rings (SSSR count). The van der Waals surface area contributed by atoms with Crippen molar-refractivity contribution in [2.24, 2.45) is 0 Å². The standard InChI is InChI=1S/C19H24N2O5S2/c1-14(2)26-16-5-3-15(4-6-16)19(22)20-13-17-7-8-18(27-17)28(23,24)21-9-11-25-12-10-21/h3-8,14H,9-13H2,1-2H3,(H,20,22). The van der Waals surface area contributed by atoms with Gasteiger partial charge in [-0.3, -0.25) is 4.79 Å². The Balaban J connectivity index is 1.58. The molecule has 28 heavy (non-hydrogen) atoms. The number of ether oxygens (including phenoxy) is 2. The van der Waals surface area contributed by atoms with Gasteiger partial charge in [0.2, 0.25) is 0 Å². The van der Waals surface area contributed by atoms with Crippen LogP contribution in [-0.2, 0) is 21.3 Å². The average molecular weight is 425 g/mol. The third-order valence-corrected chi connectivity index (χ3v) is 7.56. The highest BCUT2D eigenvalue weighted by atomic mass is 32.2. The Morgan fingerprint density at radius 1 is 1.18 bits per heavy atom. The molecule has 1 amide bonds. The molecule has 7 nitrogen and oxygen atoms in total. The molecule has 1 aromatic carbocycles. The largest absolute Gasteiger partial charge is 0.491 e. The lowest BCUT2D eigenvalue weighted by molar-refractivity contribution is 0.0731. The Hall–Kier alpha value is -1.94. The van der Waals surface area contributed by atoms with Crippen LogP contribution in [0.25, 0.3) is 0 Å². The predicted molar refractivity (Wildman–Crippen MR) is 107 cm³/mol. The second-order valence-corrected chi connectivity index (χ2v) is 9.94. The summed E-state index contributed by atoms with van der Waals surface area (Å²) in [7, 11) is -3.50. The molecule has 0 radical (unpaired) electrons. The molecule has 1 aromatic heterocycles. The number of carbonyl (C=O) groups excluding carboxylic acids is 1. The van der Waals surface area contributed by atoms with Crippen LogP contribution in [0.4, 0.5) is 0 Å². The zero-order valence-corrected chi connectivity index (χ0v) is 17.5. The molecule has 0 bridgehead atoms. The fourth-order valence-corrected chi connectivity index (χ4v) is 5.59. The summed E-state index contributed by atoms with van der Waals surface area (Å²) >= 11 is 1.17. The maximum absolute atomic E-state index is 12.6. The van der Waals surface area contributed by atoms with Crippen molar-refractivity contribution in [3.63, 3.8) is 0 Å². The van der Waals surface area contributed by atoms with Gasteiger partial charge >= 0.3 is 0 Å². The van der Waals surface area contributed by atoms with Gasteiger partial charge < -0.3 is 14.8 Å². The van der Waals surface area contributed by atoms with Crippen molar-refractivity contribution in [2.45, 2.75) is 30.7 Å². The first-order valence-electron chi connectivity index (χ1n) is 9.08. The molecule has 152 valence electrons. The van der Waals surface area contributed by atoms with E-state index in [1.54, 1.807) is 36.4 Å². The smallest absolute Gasteiger partial charge is 0.252 e. The maximum Gasteiger partial charge on any atom is 0.252 e. The van der Waals surface area contributed by atoms with Crippen molar-refractivity contribution in [1.29, 1.82) is 0 Å². The molecule has 1 aliphatic heterocycles. The number of hydrogen-bond donors (Lipinski definition) is 1. The van der Waals surface area contributed by atoms with Crippen LogP contribution in [-0.4, -0.2) is 51.0 Å². The number of rotatable bonds is 7. The Labute approximate surface area is 169 Å². The van der Waals surface area contributed by atoms with Gasteiger partial charge in [0.25, 0.3) is 15.9 Å². The van der Waals surface area contributed by atoms with E-state index in [1.165, 1.54) is 15.6 Å². The van der Waals surface area contributed by atoms with Crippen LogP contribution in [0.5, 0.6) is 5.75 Å². The van der Waals surface area contributed by atoms with E-state index in [0.29, 0.717) is 37.6 Å². The lowest BCUT2D eigenvalue weighted by Crippen LogP contribution is -2.40. The summed E-state index contributed by atoms with van der Waals surface area (Å²) in [6, 6.07) is 10.2. The van der Waals surface area contributed by atoms with Gasteiger partial charge in [-0.25, -0.2) is 8.42 Å². The summed E-state index contributed by atoms with van der Waals surface area (Å²) in [6.07, 6.45) is 0.0708. The number of carbonyl (C=O) groups is 1. The maximum atomic E-state index is 12.6. The summed E-state index contributed by atoms with van der Waals surface area (Å²) < 4.78 is 37.8. The Morgan fingerprint density at radius 2 is 1.86 bits per heavy atom. The molecule has 0 atom stereocenters. The Bertz CT molecular complexity index is 901. The lowest BCUT2D eigenvalue weighted by Gasteiger charge is -2.25. The van der Waals surface area contributed by atoms with Gasteiger partial charge in [0.15, 0.2) is 0 Å². The van der Waals surface area contributed by atoms with Gasteiger partial charge in [0.05, 0.1) is 25.9 Å². The van der Waals surface area contributed by atoms with Crippen LogP contribution < -0.4 is 10.1 Å². The van der Waals surface area contributed by atoms with Gasteiger partial charge in [0.1, 0.15) is 9.96 Å². The van der Waals surface area contributed by atoms with Crippen LogP contribution in [0.1, 0.15) is 29.1 Å². The van der Waals surface area contributed by atoms with Crippen LogP contribution in [0.15, 0.2) is 40.6 Å². The Kier molecular flexibility index (Phi) is 6.71. The van der Waals surface area contributed by atoms with Gasteiger partial charge in [-0.1, -0.05) is 0 Å². The number of nitrogens with zero attached hydrogens (tertiary/aromatic N) is 1. The third-order valence-electron chi connectivity index (χ3n) is 4.11. The van der Waals surface area contributed by atoms with Gasteiger partial charge in [-0.2, -0.15) is 4.31 Å². The molecule has 1 aliphatic rings. The molecule has 0 spiro atoms. The van der Waals surface area contributed by atoms with E-state index >= 15 is 0 Å². The minimum Gasteiger partial charge on any atom is -0.491 e. The van der Waals surface area contributed by atoms with E-state index in [-0.39, 0.29) is 22.8 Å². The normalized spacial score (nSPS) is 15.5. The van der Waals surface area contributed by atoms with E-state index < -0.39 is 10.0 Å². The Morgan fingerprint density at radius 3 is 2.50 bits per heavy atom. The van der Waals surface area contributed by atoms with E-state index in [4.69, 9.17) is 9.47 Å². The quantitative estimate of drug-likeness (QED) is 0.738. The van der Waals surface area contributed by atoms with E-state index in [9.17, 15) is 13.2 Å². The van der Waals surface area contributed by atoms with Gasteiger partial charge in [0, 0.05) is 23.5 Å². The van der Waals surface area contributed by atoms with Gasteiger partial charge in [-0.15, -0.1) is 11.3 Å². The fraction of sp³-hybridized carbons (Fsp3) is 0.421. The summed E-state index contributed by atoms with van der Waals surface area (Å²) in [5.74, 6) is 0.491. The highest BCUT2D eigenvalue weighted by Gasteiger charge is 2.27. The zero-order valence-electron chi connectivity index (χ0n) is 15.9. The topological polar surface area (TPSA) is 84.9 Å². The molecule has 1 N–H and O–H groups in total. The number of benzene rings is 1. The number of hydrogen-bond acceptors (Lipinski definition) is 6. The summed E-state index contributed by atoms with van der Waals surface area (Å²) in [4.78, 5) is 13.1. The molecule has 2 heterocycles. The van der Waals surface area contributed by atoms with Crippen LogP contribution in [0, 0.1) is 0 Å². The van der Waals surface area contributed by atoms with Crippen LogP contribution >= 0.6 is 11.3 Å². The number of amides is 1. The van der Waals surface area contributed by atoms with Crippen molar-refractivity contribution >= 4 is 27.3 Å². The molecule has 1 saturated heterocycles. The number of thiophene rings is 1. The first kappa shape index (κ1) is 20.8. The fourth-order valence-electron chi connectivity index (χ4n) is 2.73. The second-order valence-electron chi connectivity index (χ2n) is 6.61. The van der Waals surface area contributed by atoms with E-state index in [0.717, 1.165) is 4.88 Å². The zero-order chi connectivity index (χ0) is 20.1. The molecule has 0 aliphatic carbocycles. The molecule has 0 unspecified atom stereocenters. The summed E-state index contributed by atoms with van der Waals surface area (Å²) in [5.41, 5.74) is 0.522. The van der Waals surface area contributed by atoms with E-state index in [1.807, 2.05) is 13.8 Å². The molecule has 2 aromatic rings. The molecule has 9 heteroatoms. The minimum absolute atomic E-state index is 0.0708. The first-order chi connectivity index (χ1) is 13.4. The molecular weight excluding hydrogens is 400 g/mol. The van der Waals surface area contributed by atoms with Crippen molar-refractivity contribution in [2.75, 3.05) is 26.3 Å². The monoisotopic (exact) mass is 424 g/mol. The van der Waals surface area contributed by atoms with E-state index in [2.05, 4.69) is 5.32 Å². The lowest BCUT2D eigenvalue weighted by atomic mass is 10.2. The molecular formula is C19H24N2O5S2. The molecule has 0 saturated carbocycles. The van der Waals surface area contributed by atoms with Crippen molar-refractivity contribution in [3.05, 3.63) is 46.8 Å². The van der Waals surface area contributed by atoms with Gasteiger partial charge in [-0.05, 0) is 50.2 Å². The highest BCUT2D eigenvalue weighted by molar-refractivity contribution is 7.91.